The Bertz CT molecular complexity index is 451. The molecule has 1 aliphatic rings. The van der Waals surface area contributed by atoms with Crippen molar-refractivity contribution in [2.24, 2.45) is 0 Å². The summed E-state index contributed by atoms with van der Waals surface area (Å²) in [5, 5.41) is 3.18. The molecule has 1 aromatic rings. The van der Waals surface area contributed by atoms with Crippen molar-refractivity contribution in [2.45, 2.75) is 19.9 Å². The van der Waals surface area contributed by atoms with Crippen LogP contribution in [0.4, 0.5) is 0 Å². The zero-order valence-corrected chi connectivity index (χ0v) is 11.1. The fourth-order valence-electron chi connectivity index (χ4n) is 2.31. The average molecular weight is 249 g/mol. The third kappa shape index (κ3) is 2.54. The summed E-state index contributed by atoms with van der Waals surface area (Å²) in [4.78, 5) is 12.5. The molecule has 18 heavy (non-hydrogen) atoms. The zero-order chi connectivity index (χ0) is 13.1. The molecule has 0 radical (unpaired) electrons. The first-order valence-corrected chi connectivity index (χ1v) is 6.14. The van der Waals surface area contributed by atoms with E-state index in [1.54, 1.807) is 7.11 Å². The number of aryl methyl sites for hydroxylation is 2. The number of carbonyl (C=O) groups is 1. The molecule has 98 valence electrons. The second-order valence-electron chi connectivity index (χ2n) is 4.60. The van der Waals surface area contributed by atoms with Gasteiger partial charge in [-0.3, -0.25) is 4.79 Å². The summed E-state index contributed by atoms with van der Waals surface area (Å²) < 4.78 is 10.7. The second-order valence-corrected chi connectivity index (χ2v) is 4.60. The van der Waals surface area contributed by atoms with Gasteiger partial charge in [-0.15, -0.1) is 0 Å². The summed E-state index contributed by atoms with van der Waals surface area (Å²) >= 11 is 0. The third-order valence-corrected chi connectivity index (χ3v) is 3.15. The summed E-state index contributed by atoms with van der Waals surface area (Å²) in [6.07, 6.45) is 0. The van der Waals surface area contributed by atoms with Crippen molar-refractivity contribution in [1.82, 2.24) is 5.32 Å². The van der Waals surface area contributed by atoms with Crippen LogP contribution in [0.25, 0.3) is 0 Å². The van der Waals surface area contributed by atoms with Gasteiger partial charge < -0.3 is 14.8 Å². The van der Waals surface area contributed by atoms with Crippen LogP contribution < -0.4 is 10.1 Å². The van der Waals surface area contributed by atoms with Crippen LogP contribution in [0.2, 0.25) is 0 Å². The van der Waals surface area contributed by atoms with Crippen LogP contribution in [0.3, 0.4) is 0 Å². The Hall–Kier alpha value is -1.39. The minimum Gasteiger partial charge on any atom is -0.496 e. The van der Waals surface area contributed by atoms with Crippen LogP contribution in [0.5, 0.6) is 5.75 Å². The molecule has 1 N–H and O–H groups in total. The highest BCUT2D eigenvalue weighted by Gasteiger charge is 2.26. The standard InChI is InChI=1S/C14H19NO3/c1-9-6-10(2)13(12(7-9)17-3)14(16)11-8-18-5-4-15-11/h6-7,11,15H,4-5,8H2,1-3H3. The van der Waals surface area contributed by atoms with Gasteiger partial charge in [-0.2, -0.15) is 0 Å². The van der Waals surface area contributed by atoms with Gasteiger partial charge in [-0.05, 0) is 31.0 Å². The van der Waals surface area contributed by atoms with E-state index in [1.165, 1.54) is 0 Å². The van der Waals surface area contributed by atoms with Crippen LogP contribution >= 0.6 is 0 Å². The lowest BCUT2D eigenvalue weighted by molar-refractivity contribution is 0.0605. The van der Waals surface area contributed by atoms with Crippen molar-refractivity contribution < 1.29 is 14.3 Å². The quantitative estimate of drug-likeness (QED) is 0.824. The minimum absolute atomic E-state index is 0.0454. The van der Waals surface area contributed by atoms with Gasteiger partial charge in [0.15, 0.2) is 5.78 Å². The molecule has 0 aliphatic carbocycles. The van der Waals surface area contributed by atoms with Gasteiger partial charge in [0.05, 0.1) is 31.9 Å². The van der Waals surface area contributed by atoms with Crippen LogP contribution in [0.15, 0.2) is 12.1 Å². The van der Waals surface area contributed by atoms with Crippen LogP contribution in [0.1, 0.15) is 21.5 Å². The number of methoxy groups -OCH3 is 1. The number of hydrogen-bond donors (Lipinski definition) is 1. The SMILES string of the molecule is COc1cc(C)cc(C)c1C(=O)C1COCCN1. The molecule has 0 amide bonds. The van der Waals surface area contributed by atoms with E-state index in [1.807, 2.05) is 26.0 Å². The molecule has 0 aromatic heterocycles. The van der Waals surface area contributed by atoms with E-state index in [-0.39, 0.29) is 11.8 Å². The van der Waals surface area contributed by atoms with E-state index >= 15 is 0 Å². The van der Waals surface area contributed by atoms with Crippen molar-refractivity contribution in [3.63, 3.8) is 0 Å². The molecule has 4 heteroatoms. The second kappa shape index (κ2) is 5.50. The highest BCUT2D eigenvalue weighted by Crippen LogP contribution is 2.25. The molecule has 1 aromatic carbocycles. The summed E-state index contributed by atoms with van der Waals surface area (Å²) in [7, 11) is 1.59. The van der Waals surface area contributed by atoms with E-state index < -0.39 is 0 Å². The Morgan fingerprint density at radius 2 is 2.22 bits per heavy atom. The van der Waals surface area contributed by atoms with Gasteiger partial charge in [0.1, 0.15) is 5.75 Å². The Kier molecular flexibility index (Phi) is 3.99. The van der Waals surface area contributed by atoms with Gasteiger partial charge >= 0.3 is 0 Å². The van der Waals surface area contributed by atoms with E-state index in [2.05, 4.69) is 5.32 Å². The van der Waals surface area contributed by atoms with Crippen LogP contribution in [-0.2, 0) is 4.74 Å². The van der Waals surface area contributed by atoms with E-state index in [0.29, 0.717) is 31.1 Å². The molecule has 0 saturated carbocycles. The number of morpholine rings is 1. The van der Waals surface area contributed by atoms with Crippen molar-refractivity contribution >= 4 is 5.78 Å². The molecule has 1 heterocycles. The van der Waals surface area contributed by atoms with E-state index in [9.17, 15) is 4.79 Å². The van der Waals surface area contributed by atoms with Gasteiger partial charge in [-0.1, -0.05) is 6.07 Å². The smallest absolute Gasteiger partial charge is 0.186 e. The molecule has 1 fully saturated rings. The Balaban J connectivity index is 2.34. The number of nitrogens with one attached hydrogen (secondary N) is 1. The summed E-state index contributed by atoms with van der Waals surface area (Å²) in [6.45, 7) is 5.73. The van der Waals surface area contributed by atoms with Gasteiger partial charge in [-0.25, -0.2) is 0 Å². The Morgan fingerprint density at radius 3 is 2.83 bits per heavy atom. The minimum atomic E-state index is -0.269. The summed E-state index contributed by atoms with van der Waals surface area (Å²) in [5.74, 6) is 0.689. The number of ketones is 1. The van der Waals surface area contributed by atoms with Crippen molar-refractivity contribution in [3.8, 4) is 5.75 Å². The molecule has 0 spiro atoms. The molecule has 1 atom stereocenters. The van der Waals surface area contributed by atoms with Gasteiger partial charge in [0.2, 0.25) is 0 Å². The number of Topliss-reactive ketones (excluding diaryl/α,β-unsaturated/α-hetero) is 1. The number of carbonyl (C=O) groups excluding carboxylic acids is 1. The predicted molar refractivity (Wildman–Crippen MR) is 69.4 cm³/mol. The number of hydrogen-bond acceptors (Lipinski definition) is 4. The normalized spacial score (nSPS) is 19.6. The van der Waals surface area contributed by atoms with Crippen LogP contribution in [0, 0.1) is 13.8 Å². The average Bonchev–Trinajstić information content (AvgIpc) is 2.38. The lowest BCUT2D eigenvalue weighted by Gasteiger charge is -2.24. The number of benzene rings is 1. The maximum absolute atomic E-state index is 12.5. The fourth-order valence-corrected chi connectivity index (χ4v) is 2.31. The van der Waals surface area contributed by atoms with Crippen molar-refractivity contribution in [3.05, 3.63) is 28.8 Å². The Labute approximate surface area is 107 Å². The molecule has 1 unspecified atom stereocenters. The predicted octanol–water partition coefficient (Wildman–Crippen LogP) is 1.48. The molecule has 4 nitrogen and oxygen atoms in total. The summed E-state index contributed by atoms with van der Waals surface area (Å²) in [6, 6.07) is 3.62. The highest BCUT2D eigenvalue weighted by molar-refractivity contribution is 6.03. The van der Waals surface area contributed by atoms with Gasteiger partial charge in [0, 0.05) is 6.54 Å². The Morgan fingerprint density at radius 1 is 1.44 bits per heavy atom. The molecule has 1 aliphatic heterocycles. The molecule has 0 bridgehead atoms. The molecular weight excluding hydrogens is 230 g/mol. The van der Waals surface area contributed by atoms with Crippen molar-refractivity contribution in [2.75, 3.05) is 26.9 Å². The maximum Gasteiger partial charge on any atom is 0.186 e. The van der Waals surface area contributed by atoms with E-state index in [0.717, 1.165) is 11.1 Å². The largest absolute Gasteiger partial charge is 0.496 e. The maximum atomic E-state index is 12.5. The topological polar surface area (TPSA) is 47.6 Å². The van der Waals surface area contributed by atoms with Crippen LogP contribution in [-0.4, -0.2) is 38.7 Å². The monoisotopic (exact) mass is 249 g/mol. The zero-order valence-electron chi connectivity index (χ0n) is 11.1. The number of rotatable bonds is 3. The fraction of sp³-hybridized carbons (Fsp3) is 0.500. The first-order chi connectivity index (χ1) is 8.63. The molecule has 2 rings (SSSR count). The molecule has 1 saturated heterocycles. The third-order valence-electron chi connectivity index (χ3n) is 3.15. The highest BCUT2D eigenvalue weighted by atomic mass is 16.5. The summed E-state index contributed by atoms with van der Waals surface area (Å²) in [5.41, 5.74) is 2.70. The molecular formula is C14H19NO3. The first kappa shape index (κ1) is 13.1. The lowest BCUT2D eigenvalue weighted by Crippen LogP contribution is -2.46. The first-order valence-electron chi connectivity index (χ1n) is 6.14. The van der Waals surface area contributed by atoms with Crippen molar-refractivity contribution in [1.29, 1.82) is 0 Å². The lowest BCUT2D eigenvalue weighted by atomic mass is 9.96. The van der Waals surface area contributed by atoms with E-state index in [4.69, 9.17) is 9.47 Å². The van der Waals surface area contributed by atoms with Gasteiger partial charge in [0.25, 0.3) is 0 Å². The number of ether oxygens (including phenoxy) is 2.